The average molecular weight is 618 g/mol. The Balaban J connectivity index is 1.70. The number of aryl methyl sites for hydroxylation is 1. The van der Waals surface area contributed by atoms with E-state index in [1.54, 1.807) is 53.2 Å². The number of imidazole rings is 1. The van der Waals surface area contributed by atoms with Gasteiger partial charge in [0.1, 0.15) is 11.4 Å². The van der Waals surface area contributed by atoms with E-state index in [0.29, 0.717) is 69.9 Å². The number of rotatable bonds is 10. The van der Waals surface area contributed by atoms with E-state index in [1.807, 2.05) is 13.8 Å². The molecule has 11 nitrogen and oxygen atoms in total. The lowest BCUT2D eigenvalue weighted by Gasteiger charge is -2.44. The third-order valence-electron chi connectivity index (χ3n) is 7.90. The smallest absolute Gasteiger partial charge is 0.410 e. The second-order valence-electron chi connectivity index (χ2n) is 13.2. The molecule has 0 radical (unpaired) electrons. The number of morpholine rings is 1. The Morgan fingerprint density at radius 1 is 1.11 bits per heavy atom. The Kier molecular flexibility index (Phi) is 11.2. The fourth-order valence-corrected chi connectivity index (χ4v) is 5.92. The number of hydrogen-bond acceptors (Lipinski definition) is 7. The lowest BCUT2D eigenvalue weighted by Crippen LogP contribution is -2.58. The number of halogens is 1. The van der Waals surface area contributed by atoms with E-state index in [0.717, 1.165) is 6.42 Å². The van der Waals surface area contributed by atoms with Crippen molar-refractivity contribution in [2.75, 3.05) is 59.7 Å². The molecule has 1 aromatic carbocycles. The number of nitrogens with zero attached hydrogens (tertiary/aromatic N) is 5. The number of amides is 3. The summed E-state index contributed by atoms with van der Waals surface area (Å²) in [7, 11) is 1.64. The summed E-state index contributed by atoms with van der Waals surface area (Å²) in [6.45, 7) is 13.2. The van der Waals surface area contributed by atoms with Crippen LogP contribution in [0.3, 0.4) is 0 Å². The second kappa shape index (κ2) is 14.7. The number of ether oxygens (including phenoxy) is 3. The number of fused-ring (bicyclic) bond motifs is 1. The van der Waals surface area contributed by atoms with E-state index in [4.69, 9.17) is 14.2 Å². The van der Waals surface area contributed by atoms with Crippen molar-refractivity contribution in [2.24, 2.45) is 11.8 Å². The van der Waals surface area contributed by atoms with E-state index in [1.165, 1.54) is 12.1 Å². The van der Waals surface area contributed by atoms with Gasteiger partial charge in [-0.1, -0.05) is 13.8 Å². The third kappa shape index (κ3) is 8.47. The predicted octanol–water partition coefficient (Wildman–Crippen LogP) is 4.18. The number of unbranched alkanes of at least 4 members (excludes halogenated alkanes) is 1. The Morgan fingerprint density at radius 2 is 1.84 bits per heavy atom. The van der Waals surface area contributed by atoms with E-state index < -0.39 is 29.5 Å². The summed E-state index contributed by atoms with van der Waals surface area (Å²) in [5.41, 5.74) is 0.365. The summed E-state index contributed by atoms with van der Waals surface area (Å²) in [6.07, 6.45) is 1.37. The highest BCUT2D eigenvalue weighted by molar-refractivity contribution is 5.95. The third-order valence-corrected chi connectivity index (χ3v) is 7.90. The van der Waals surface area contributed by atoms with Gasteiger partial charge in [0.05, 0.1) is 36.2 Å². The number of aromatic nitrogens is 2. The highest BCUT2D eigenvalue weighted by Crippen LogP contribution is 2.28. The molecule has 3 heterocycles. The van der Waals surface area contributed by atoms with Gasteiger partial charge in [0, 0.05) is 53.0 Å². The largest absolute Gasteiger partial charge is 0.444 e. The van der Waals surface area contributed by atoms with Crippen LogP contribution in [0.15, 0.2) is 18.2 Å². The van der Waals surface area contributed by atoms with Gasteiger partial charge < -0.3 is 33.5 Å². The first-order chi connectivity index (χ1) is 20.9. The molecule has 4 rings (SSSR count). The minimum Gasteiger partial charge on any atom is -0.444 e. The maximum absolute atomic E-state index is 14.5. The molecule has 3 amide bonds. The summed E-state index contributed by atoms with van der Waals surface area (Å²) in [4.78, 5) is 51.4. The first-order valence-corrected chi connectivity index (χ1v) is 15.7. The Hall–Kier alpha value is -3.25. The molecule has 0 N–H and O–H groups in total. The van der Waals surface area contributed by atoms with Crippen LogP contribution in [0.5, 0.6) is 0 Å². The molecule has 12 heteroatoms. The molecule has 2 fully saturated rings. The summed E-state index contributed by atoms with van der Waals surface area (Å²) in [5.74, 6) is -0.961. The van der Waals surface area contributed by atoms with Gasteiger partial charge in [-0.25, -0.2) is 14.2 Å². The molecule has 2 saturated heterocycles. The molecule has 0 bridgehead atoms. The van der Waals surface area contributed by atoms with Crippen molar-refractivity contribution in [1.82, 2.24) is 24.3 Å². The maximum atomic E-state index is 14.5. The van der Waals surface area contributed by atoms with Gasteiger partial charge in [-0.2, -0.15) is 0 Å². The van der Waals surface area contributed by atoms with Crippen LogP contribution in [-0.4, -0.2) is 113 Å². The molecule has 0 spiro atoms. The van der Waals surface area contributed by atoms with E-state index >= 15 is 0 Å². The molecule has 1 unspecified atom stereocenters. The molecule has 2 aromatic rings. The molecule has 0 aliphatic carbocycles. The Morgan fingerprint density at radius 3 is 2.50 bits per heavy atom. The minimum atomic E-state index is -0.718. The number of methoxy groups -OCH3 is 1. The molecule has 2 atom stereocenters. The molecular formula is C32H48FN5O6. The zero-order chi connectivity index (χ0) is 32.0. The minimum absolute atomic E-state index is 0.0515. The van der Waals surface area contributed by atoms with Crippen molar-refractivity contribution >= 4 is 28.9 Å². The van der Waals surface area contributed by atoms with Gasteiger partial charge in [-0.3, -0.25) is 9.59 Å². The Labute approximate surface area is 259 Å². The van der Waals surface area contributed by atoms with Crippen molar-refractivity contribution in [3.8, 4) is 0 Å². The Bertz CT molecular complexity index is 1300. The molecule has 0 saturated carbocycles. The summed E-state index contributed by atoms with van der Waals surface area (Å²) < 4.78 is 32.5. The molecule has 2 aliphatic rings. The lowest BCUT2D eigenvalue weighted by atomic mass is 9.91. The monoisotopic (exact) mass is 617 g/mol. The lowest BCUT2D eigenvalue weighted by molar-refractivity contribution is -0.142. The van der Waals surface area contributed by atoms with Crippen LogP contribution >= 0.6 is 0 Å². The van der Waals surface area contributed by atoms with Gasteiger partial charge in [-0.15, -0.1) is 0 Å². The van der Waals surface area contributed by atoms with Crippen molar-refractivity contribution in [3.63, 3.8) is 0 Å². The number of hydrogen-bond donors (Lipinski definition) is 0. The first kappa shape index (κ1) is 33.6. The number of carbonyl (C=O) groups excluding carboxylic acids is 3. The summed E-state index contributed by atoms with van der Waals surface area (Å²) in [5, 5.41) is 0. The first-order valence-electron chi connectivity index (χ1n) is 15.7. The van der Waals surface area contributed by atoms with Gasteiger partial charge in [0.15, 0.2) is 5.82 Å². The fraction of sp³-hybridized carbons (Fsp3) is 0.688. The molecular weight excluding hydrogens is 569 g/mol. The number of benzene rings is 1. The molecule has 244 valence electrons. The number of piperidine rings is 1. The molecule has 1 aromatic heterocycles. The van der Waals surface area contributed by atoms with E-state index in [-0.39, 0.29) is 36.6 Å². The van der Waals surface area contributed by atoms with E-state index in [9.17, 15) is 18.8 Å². The SMILES string of the molecule is COCCCCn1c(C(=O)N(CC(C)C)C2C[C@@H](C(=O)N3CCOCC3)CN(C(=O)OC(C)(C)C)C2)nc2ccc(F)cc21. The quantitative estimate of drug-likeness (QED) is 0.368. The van der Waals surface area contributed by atoms with Crippen LogP contribution in [0.1, 0.15) is 64.5 Å². The van der Waals surface area contributed by atoms with Crippen LogP contribution in [0.25, 0.3) is 11.0 Å². The van der Waals surface area contributed by atoms with Crippen LogP contribution in [0.2, 0.25) is 0 Å². The van der Waals surface area contributed by atoms with Crippen LogP contribution in [0.4, 0.5) is 9.18 Å². The van der Waals surface area contributed by atoms with E-state index in [2.05, 4.69) is 4.98 Å². The topological polar surface area (TPSA) is 106 Å². The normalized spacial score (nSPS) is 19.5. The maximum Gasteiger partial charge on any atom is 0.410 e. The summed E-state index contributed by atoms with van der Waals surface area (Å²) >= 11 is 0. The van der Waals surface area contributed by atoms with Crippen molar-refractivity contribution in [3.05, 3.63) is 29.8 Å². The molecule has 44 heavy (non-hydrogen) atoms. The zero-order valence-corrected chi connectivity index (χ0v) is 27.0. The highest BCUT2D eigenvalue weighted by Gasteiger charge is 2.41. The predicted molar refractivity (Wildman–Crippen MR) is 164 cm³/mol. The number of carbonyl (C=O) groups is 3. The standard InChI is InChI=1S/C32H48FN5O6/c1-22(2)19-38(30(40)28-34-26-10-9-24(33)18-27(26)37(28)11-7-8-14-42-6)25-17-23(29(39)35-12-15-43-16-13-35)20-36(21-25)31(41)44-32(3,4)5/h9-10,18,22-23,25H,7-8,11-17,19-21H2,1-6H3/t23-,25?/m1/s1. The second-order valence-corrected chi connectivity index (χ2v) is 13.2. The van der Waals surface area contributed by atoms with Gasteiger partial charge >= 0.3 is 6.09 Å². The van der Waals surface area contributed by atoms with Crippen molar-refractivity contribution < 1.29 is 33.0 Å². The van der Waals surface area contributed by atoms with Crippen LogP contribution < -0.4 is 0 Å². The van der Waals surface area contributed by atoms with Crippen LogP contribution in [-0.2, 0) is 25.5 Å². The van der Waals surface area contributed by atoms with Crippen molar-refractivity contribution in [2.45, 2.75) is 72.1 Å². The zero-order valence-electron chi connectivity index (χ0n) is 27.0. The van der Waals surface area contributed by atoms with Crippen molar-refractivity contribution in [1.29, 1.82) is 0 Å². The summed E-state index contributed by atoms with van der Waals surface area (Å²) in [6, 6.07) is 3.87. The fourth-order valence-electron chi connectivity index (χ4n) is 5.92. The molecule has 2 aliphatic heterocycles. The van der Waals surface area contributed by atoms with Crippen LogP contribution in [0, 0.1) is 17.7 Å². The highest BCUT2D eigenvalue weighted by atomic mass is 19.1. The van der Waals surface area contributed by atoms with Gasteiger partial charge in [0.2, 0.25) is 5.91 Å². The van der Waals surface area contributed by atoms with Gasteiger partial charge in [0.25, 0.3) is 5.91 Å². The average Bonchev–Trinajstić information content (AvgIpc) is 3.34. The number of likely N-dealkylation sites (tertiary alicyclic amines) is 1. The van der Waals surface area contributed by atoms with Gasteiger partial charge in [-0.05, 0) is 64.2 Å².